The Labute approximate surface area is 84.5 Å². The summed E-state index contributed by atoms with van der Waals surface area (Å²) in [6.45, 7) is 10.00. The molecule has 1 N–H and O–H groups in total. The second-order valence-corrected chi connectivity index (χ2v) is 4.28. The fraction of sp³-hybridized carbons (Fsp3) is 0.455. The van der Waals surface area contributed by atoms with Crippen molar-refractivity contribution in [2.75, 3.05) is 6.54 Å². The van der Waals surface area contributed by atoms with Crippen molar-refractivity contribution in [2.24, 2.45) is 0 Å². The molecule has 0 aliphatic carbocycles. The van der Waals surface area contributed by atoms with E-state index in [0.717, 1.165) is 19.5 Å². The van der Waals surface area contributed by atoms with Crippen LogP contribution in [-0.2, 0) is 13.0 Å². The molecule has 0 atom stereocenters. The average molecular weight is 195 g/mol. The van der Waals surface area contributed by atoms with Gasteiger partial charge in [-0.25, -0.2) is 0 Å². The Hall–Kier alpha value is -0.600. The largest absolute Gasteiger partial charge is 0.308 e. The van der Waals surface area contributed by atoms with Gasteiger partial charge >= 0.3 is 0 Å². The van der Waals surface area contributed by atoms with Crippen molar-refractivity contribution >= 4 is 11.3 Å². The summed E-state index contributed by atoms with van der Waals surface area (Å²) in [5.74, 6) is 0. The molecule has 1 aromatic heterocycles. The SMILES string of the molecule is C=C(C)CNCc1sccc1CC. The van der Waals surface area contributed by atoms with E-state index in [1.165, 1.54) is 16.0 Å². The Bertz CT molecular complexity index is 275. The van der Waals surface area contributed by atoms with E-state index in [9.17, 15) is 0 Å². The molecule has 0 spiro atoms. The van der Waals surface area contributed by atoms with Crippen molar-refractivity contribution in [3.05, 3.63) is 34.0 Å². The second-order valence-electron chi connectivity index (χ2n) is 3.28. The lowest BCUT2D eigenvalue weighted by Gasteiger charge is -2.03. The molecule has 0 fully saturated rings. The number of rotatable bonds is 5. The molecule has 0 aliphatic heterocycles. The maximum Gasteiger partial charge on any atom is 0.0305 e. The Kier molecular flexibility index (Phi) is 4.19. The molecule has 0 radical (unpaired) electrons. The highest BCUT2D eigenvalue weighted by Gasteiger charge is 2.00. The molecule has 0 bridgehead atoms. The van der Waals surface area contributed by atoms with Gasteiger partial charge in [-0.1, -0.05) is 19.1 Å². The van der Waals surface area contributed by atoms with E-state index in [0.29, 0.717) is 0 Å². The Morgan fingerprint density at radius 3 is 3.00 bits per heavy atom. The summed E-state index contributed by atoms with van der Waals surface area (Å²) in [6.07, 6.45) is 1.13. The molecule has 0 saturated heterocycles. The molecule has 1 aromatic rings. The predicted octanol–water partition coefficient (Wildman–Crippen LogP) is 2.98. The first-order valence-corrected chi connectivity index (χ1v) is 5.52. The monoisotopic (exact) mass is 195 g/mol. The Morgan fingerprint density at radius 2 is 2.38 bits per heavy atom. The molecule has 1 rings (SSSR count). The van der Waals surface area contributed by atoms with Gasteiger partial charge in [0.1, 0.15) is 0 Å². The molecule has 0 saturated carbocycles. The van der Waals surface area contributed by atoms with Crippen LogP contribution in [0.5, 0.6) is 0 Å². The molecule has 0 unspecified atom stereocenters. The first kappa shape index (κ1) is 10.5. The van der Waals surface area contributed by atoms with Gasteiger partial charge in [0.05, 0.1) is 0 Å². The lowest BCUT2D eigenvalue weighted by molar-refractivity contribution is 0.744. The van der Waals surface area contributed by atoms with Crippen LogP contribution in [0.4, 0.5) is 0 Å². The standard InChI is InChI=1S/C11H17NS/c1-4-10-5-6-13-11(10)8-12-7-9(2)3/h5-6,12H,2,4,7-8H2,1,3H3. The number of aryl methyl sites for hydroxylation is 1. The van der Waals surface area contributed by atoms with Crippen molar-refractivity contribution in [3.8, 4) is 0 Å². The van der Waals surface area contributed by atoms with Crippen molar-refractivity contribution in [1.29, 1.82) is 0 Å². The zero-order valence-electron chi connectivity index (χ0n) is 8.39. The van der Waals surface area contributed by atoms with Crippen LogP contribution in [0.2, 0.25) is 0 Å². The van der Waals surface area contributed by atoms with Crippen LogP contribution >= 0.6 is 11.3 Å². The maximum atomic E-state index is 3.86. The molecular formula is C11H17NS. The topological polar surface area (TPSA) is 12.0 Å². The summed E-state index contributed by atoms with van der Waals surface area (Å²) in [6, 6.07) is 2.21. The van der Waals surface area contributed by atoms with Gasteiger partial charge in [-0.3, -0.25) is 0 Å². The first-order valence-electron chi connectivity index (χ1n) is 4.64. The highest BCUT2D eigenvalue weighted by Crippen LogP contribution is 2.16. The Morgan fingerprint density at radius 1 is 1.62 bits per heavy atom. The quantitative estimate of drug-likeness (QED) is 0.712. The van der Waals surface area contributed by atoms with E-state index in [-0.39, 0.29) is 0 Å². The van der Waals surface area contributed by atoms with Gasteiger partial charge in [0, 0.05) is 18.0 Å². The molecule has 13 heavy (non-hydrogen) atoms. The summed E-state index contributed by atoms with van der Waals surface area (Å²) in [4.78, 5) is 1.46. The van der Waals surface area contributed by atoms with Crippen molar-refractivity contribution in [2.45, 2.75) is 26.8 Å². The van der Waals surface area contributed by atoms with Crippen LogP contribution in [-0.4, -0.2) is 6.54 Å². The van der Waals surface area contributed by atoms with Crippen molar-refractivity contribution < 1.29 is 0 Å². The fourth-order valence-corrected chi connectivity index (χ4v) is 2.17. The fourth-order valence-electron chi connectivity index (χ4n) is 1.23. The second kappa shape index (κ2) is 5.20. The third kappa shape index (κ3) is 3.33. The van der Waals surface area contributed by atoms with E-state index in [4.69, 9.17) is 0 Å². The van der Waals surface area contributed by atoms with Crippen LogP contribution in [0, 0.1) is 0 Å². The van der Waals surface area contributed by atoms with Crippen LogP contribution in [0.25, 0.3) is 0 Å². The van der Waals surface area contributed by atoms with E-state index in [2.05, 4.69) is 30.3 Å². The lowest BCUT2D eigenvalue weighted by Crippen LogP contribution is -2.15. The van der Waals surface area contributed by atoms with Crippen LogP contribution in [0.15, 0.2) is 23.6 Å². The van der Waals surface area contributed by atoms with Gasteiger partial charge in [-0.15, -0.1) is 11.3 Å². The minimum absolute atomic E-state index is 0.918. The van der Waals surface area contributed by atoms with Crippen LogP contribution in [0.1, 0.15) is 24.3 Å². The summed E-state index contributed by atoms with van der Waals surface area (Å²) in [5.41, 5.74) is 2.66. The molecule has 0 amide bonds. The molecule has 1 heterocycles. The molecule has 0 aliphatic rings. The summed E-state index contributed by atoms with van der Waals surface area (Å²) in [5, 5.41) is 5.54. The zero-order valence-corrected chi connectivity index (χ0v) is 9.21. The number of thiophene rings is 1. The van der Waals surface area contributed by atoms with E-state index in [1.54, 1.807) is 0 Å². The number of hydrogen-bond acceptors (Lipinski definition) is 2. The lowest BCUT2D eigenvalue weighted by atomic mass is 10.2. The Balaban J connectivity index is 2.40. The molecule has 1 nitrogen and oxygen atoms in total. The van der Waals surface area contributed by atoms with Gasteiger partial charge in [-0.2, -0.15) is 0 Å². The van der Waals surface area contributed by atoms with Gasteiger partial charge in [0.2, 0.25) is 0 Å². The van der Waals surface area contributed by atoms with Crippen LogP contribution < -0.4 is 5.32 Å². The third-order valence-corrected chi connectivity index (χ3v) is 2.89. The first-order chi connectivity index (χ1) is 6.24. The van der Waals surface area contributed by atoms with Crippen LogP contribution in [0.3, 0.4) is 0 Å². The minimum atomic E-state index is 0.918. The van der Waals surface area contributed by atoms with Gasteiger partial charge < -0.3 is 5.32 Å². The van der Waals surface area contributed by atoms with Gasteiger partial charge in [0.15, 0.2) is 0 Å². The van der Waals surface area contributed by atoms with Crippen molar-refractivity contribution in [1.82, 2.24) is 5.32 Å². The summed E-state index contributed by atoms with van der Waals surface area (Å²) < 4.78 is 0. The highest BCUT2D eigenvalue weighted by molar-refractivity contribution is 7.10. The maximum absolute atomic E-state index is 3.86. The molecular weight excluding hydrogens is 178 g/mol. The van der Waals surface area contributed by atoms with E-state index in [1.807, 2.05) is 18.3 Å². The number of nitrogens with one attached hydrogen (secondary N) is 1. The molecule has 2 heteroatoms. The minimum Gasteiger partial charge on any atom is -0.308 e. The van der Waals surface area contributed by atoms with E-state index < -0.39 is 0 Å². The third-order valence-electron chi connectivity index (χ3n) is 1.93. The van der Waals surface area contributed by atoms with Gasteiger partial charge in [0.25, 0.3) is 0 Å². The summed E-state index contributed by atoms with van der Waals surface area (Å²) in [7, 11) is 0. The predicted molar refractivity (Wildman–Crippen MR) is 60.2 cm³/mol. The average Bonchev–Trinajstić information content (AvgIpc) is 2.51. The molecule has 72 valence electrons. The number of hydrogen-bond donors (Lipinski definition) is 1. The normalized spacial score (nSPS) is 10.3. The zero-order chi connectivity index (χ0) is 9.68. The van der Waals surface area contributed by atoms with E-state index >= 15 is 0 Å². The molecule has 0 aromatic carbocycles. The highest BCUT2D eigenvalue weighted by atomic mass is 32.1. The smallest absolute Gasteiger partial charge is 0.0305 e. The summed E-state index contributed by atoms with van der Waals surface area (Å²) >= 11 is 1.83. The van der Waals surface area contributed by atoms with Crippen molar-refractivity contribution in [3.63, 3.8) is 0 Å². The van der Waals surface area contributed by atoms with Gasteiger partial charge in [-0.05, 0) is 30.4 Å².